The van der Waals surface area contributed by atoms with Gasteiger partial charge >= 0.3 is 12.1 Å². The number of ether oxygens (including phenoxy) is 1. The summed E-state index contributed by atoms with van der Waals surface area (Å²) in [6.07, 6.45) is 2.18. The molecule has 0 saturated carbocycles. The summed E-state index contributed by atoms with van der Waals surface area (Å²) in [6, 6.07) is -0.864. The molecular weight excluding hydrogens is 354 g/mol. The summed E-state index contributed by atoms with van der Waals surface area (Å²) >= 11 is 0. The summed E-state index contributed by atoms with van der Waals surface area (Å²) in [5, 5.41) is 18.7. The van der Waals surface area contributed by atoms with E-state index in [1.165, 1.54) is 4.90 Å². The monoisotopic (exact) mass is 381 g/mol. The van der Waals surface area contributed by atoms with Crippen molar-refractivity contribution in [3.8, 4) is 0 Å². The zero-order valence-electron chi connectivity index (χ0n) is 16.2. The molecule has 3 amide bonds. The lowest BCUT2D eigenvalue weighted by molar-refractivity contribution is -0.0584. The lowest BCUT2D eigenvalue weighted by Gasteiger charge is -2.27. The predicted molar refractivity (Wildman–Crippen MR) is 93.0 cm³/mol. The topological polar surface area (TPSA) is 112 Å². The van der Waals surface area contributed by atoms with Gasteiger partial charge in [0.25, 0.3) is 0 Å². The fraction of sp³-hybridized carbons (Fsp3) is 0.765. The quantitative estimate of drug-likeness (QED) is 0.778. The van der Waals surface area contributed by atoms with E-state index in [9.17, 15) is 14.8 Å². The van der Waals surface area contributed by atoms with E-state index in [2.05, 4.69) is 10.2 Å². The third-order valence-corrected chi connectivity index (χ3v) is 4.70. The Bertz CT molecular complexity index is 700. The number of hydrogen-bond donors (Lipinski definition) is 1. The molecule has 0 radical (unpaired) electrons. The van der Waals surface area contributed by atoms with Crippen LogP contribution in [0.25, 0.3) is 0 Å². The molecule has 3 heterocycles. The maximum Gasteiger partial charge on any atom is 0.410 e. The number of piperidine rings is 1. The van der Waals surface area contributed by atoms with E-state index in [1.54, 1.807) is 11.9 Å². The van der Waals surface area contributed by atoms with E-state index < -0.39 is 11.6 Å². The molecular formula is C17H27N5O5. The Kier molecular flexibility index (Phi) is 5.27. The molecule has 2 aliphatic heterocycles. The van der Waals surface area contributed by atoms with E-state index in [1.807, 2.05) is 20.8 Å². The second-order valence-corrected chi connectivity index (χ2v) is 8.07. The van der Waals surface area contributed by atoms with Gasteiger partial charge in [0, 0.05) is 26.6 Å². The fourth-order valence-electron chi connectivity index (χ4n) is 3.31. The van der Waals surface area contributed by atoms with Gasteiger partial charge in [-0.15, -0.1) is 10.2 Å². The summed E-state index contributed by atoms with van der Waals surface area (Å²) in [6.45, 7) is 6.45. The standard InChI is InChI=1S/C17H27N5O5/c1-17(2,3)27-16(24)20(4)9-5-6-13-18-19-14(26-13)12-8-7-11-10-21(12)15(23)22(11)25/h11-12,25H,5-10H2,1-4H3. The number of carbonyl (C=O) groups is 2. The van der Waals surface area contributed by atoms with Gasteiger partial charge in [0.2, 0.25) is 11.8 Å². The SMILES string of the molecule is CN(CCCc1nnc(C2CCC3CN2C(=O)N3O)o1)C(=O)OC(C)(C)C. The van der Waals surface area contributed by atoms with Crippen molar-refractivity contribution in [1.29, 1.82) is 0 Å². The first-order valence-electron chi connectivity index (χ1n) is 9.21. The number of hydroxylamine groups is 2. The van der Waals surface area contributed by atoms with Gasteiger partial charge in [-0.2, -0.15) is 0 Å². The zero-order valence-corrected chi connectivity index (χ0v) is 16.2. The normalized spacial score (nSPS) is 22.3. The molecule has 1 aromatic rings. The number of fused-ring (bicyclic) bond motifs is 2. The Balaban J connectivity index is 1.50. The summed E-state index contributed by atoms with van der Waals surface area (Å²) in [5.74, 6) is 0.866. The minimum absolute atomic E-state index is 0.153. The molecule has 150 valence electrons. The zero-order chi connectivity index (χ0) is 19.8. The molecule has 10 heteroatoms. The molecule has 1 aromatic heterocycles. The Morgan fingerprint density at radius 3 is 2.81 bits per heavy atom. The van der Waals surface area contributed by atoms with Crippen molar-refractivity contribution in [1.82, 2.24) is 25.1 Å². The number of nitrogens with zero attached hydrogens (tertiary/aromatic N) is 5. The van der Waals surface area contributed by atoms with Gasteiger partial charge < -0.3 is 19.0 Å². The van der Waals surface area contributed by atoms with E-state index in [0.717, 1.165) is 5.06 Å². The molecule has 10 nitrogen and oxygen atoms in total. The largest absolute Gasteiger partial charge is 0.444 e. The average Bonchev–Trinajstić information content (AvgIpc) is 3.14. The third kappa shape index (κ3) is 4.32. The predicted octanol–water partition coefficient (Wildman–Crippen LogP) is 2.20. The maximum absolute atomic E-state index is 12.0. The van der Waals surface area contributed by atoms with Crippen LogP contribution in [0, 0.1) is 0 Å². The molecule has 2 aliphatic rings. The van der Waals surface area contributed by atoms with Crippen LogP contribution in [0.15, 0.2) is 4.42 Å². The molecule has 2 bridgehead atoms. The molecule has 2 fully saturated rings. The summed E-state index contributed by atoms with van der Waals surface area (Å²) in [5.41, 5.74) is -0.525. The molecule has 0 spiro atoms. The molecule has 2 unspecified atom stereocenters. The van der Waals surface area contributed by atoms with Crippen LogP contribution < -0.4 is 0 Å². The van der Waals surface area contributed by atoms with Gasteiger partial charge in [0.15, 0.2) is 0 Å². The highest BCUT2D eigenvalue weighted by atomic mass is 16.6. The Morgan fingerprint density at radius 2 is 2.11 bits per heavy atom. The molecule has 2 atom stereocenters. The number of rotatable bonds is 5. The van der Waals surface area contributed by atoms with E-state index in [-0.39, 0.29) is 18.2 Å². The smallest absolute Gasteiger partial charge is 0.410 e. The van der Waals surface area contributed by atoms with Crippen LogP contribution >= 0.6 is 0 Å². The number of hydrogen-bond acceptors (Lipinski definition) is 7. The van der Waals surface area contributed by atoms with E-state index in [4.69, 9.17) is 9.15 Å². The summed E-state index contributed by atoms with van der Waals surface area (Å²) in [7, 11) is 1.69. The molecule has 0 aromatic carbocycles. The molecule has 27 heavy (non-hydrogen) atoms. The van der Waals surface area contributed by atoms with Crippen LogP contribution in [0.1, 0.15) is 57.9 Å². The second-order valence-electron chi connectivity index (χ2n) is 8.07. The molecule has 1 N–H and O–H groups in total. The van der Waals surface area contributed by atoms with Gasteiger partial charge in [0.05, 0.1) is 6.04 Å². The summed E-state index contributed by atoms with van der Waals surface area (Å²) < 4.78 is 11.0. The van der Waals surface area contributed by atoms with Crippen LogP contribution in [-0.4, -0.2) is 74.2 Å². The van der Waals surface area contributed by atoms with Crippen LogP contribution in [0.3, 0.4) is 0 Å². The van der Waals surface area contributed by atoms with E-state index >= 15 is 0 Å². The minimum atomic E-state index is -0.525. The van der Waals surface area contributed by atoms with Crippen molar-refractivity contribution in [3.63, 3.8) is 0 Å². The van der Waals surface area contributed by atoms with Crippen molar-refractivity contribution < 1.29 is 24.0 Å². The minimum Gasteiger partial charge on any atom is -0.444 e. The molecule has 2 saturated heterocycles. The first-order chi connectivity index (χ1) is 12.7. The third-order valence-electron chi connectivity index (χ3n) is 4.70. The number of aromatic nitrogens is 2. The fourth-order valence-corrected chi connectivity index (χ4v) is 3.31. The average molecular weight is 381 g/mol. The Morgan fingerprint density at radius 1 is 1.37 bits per heavy atom. The van der Waals surface area contributed by atoms with Crippen LogP contribution in [0.2, 0.25) is 0 Å². The molecule has 0 aliphatic carbocycles. The van der Waals surface area contributed by atoms with Crippen molar-refractivity contribution in [2.75, 3.05) is 20.1 Å². The van der Waals surface area contributed by atoms with Gasteiger partial charge in [-0.05, 0) is 40.0 Å². The van der Waals surface area contributed by atoms with Gasteiger partial charge in [0.1, 0.15) is 11.6 Å². The molecule has 3 rings (SSSR count). The van der Waals surface area contributed by atoms with Crippen molar-refractivity contribution in [2.45, 2.75) is 64.1 Å². The highest BCUT2D eigenvalue weighted by Gasteiger charge is 2.46. The summed E-state index contributed by atoms with van der Waals surface area (Å²) in [4.78, 5) is 27.1. The maximum atomic E-state index is 12.0. The van der Waals surface area contributed by atoms with Gasteiger partial charge in [-0.1, -0.05) is 0 Å². The van der Waals surface area contributed by atoms with Crippen molar-refractivity contribution in [3.05, 3.63) is 11.8 Å². The van der Waals surface area contributed by atoms with Crippen LogP contribution in [-0.2, 0) is 11.2 Å². The van der Waals surface area contributed by atoms with Crippen LogP contribution in [0.4, 0.5) is 9.59 Å². The first-order valence-corrected chi connectivity index (χ1v) is 9.21. The number of amides is 3. The Labute approximate surface area is 158 Å². The van der Waals surface area contributed by atoms with Gasteiger partial charge in [-0.3, -0.25) is 5.21 Å². The number of aryl methyl sites for hydroxylation is 1. The lowest BCUT2D eigenvalue weighted by atomic mass is 10.0. The number of carbonyl (C=O) groups excluding carboxylic acids is 2. The van der Waals surface area contributed by atoms with Crippen molar-refractivity contribution in [2.24, 2.45) is 0 Å². The van der Waals surface area contributed by atoms with Gasteiger partial charge in [-0.25, -0.2) is 14.7 Å². The lowest BCUT2D eigenvalue weighted by Crippen LogP contribution is -2.34. The Hall–Kier alpha value is -2.36. The number of urea groups is 1. The first kappa shape index (κ1) is 19.4. The van der Waals surface area contributed by atoms with E-state index in [0.29, 0.717) is 50.6 Å². The highest BCUT2D eigenvalue weighted by Crippen LogP contribution is 2.36. The second kappa shape index (κ2) is 7.34. The van der Waals surface area contributed by atoms with Crippen molar-refractivity contribution >= 4 is 12.1 Å². The van der Waals surface area contributed by atoms with Crippen LogP contribution in [0.5, 0.6) is 0 Å². The highest BCUT2D eigenvalue weighted by molar-refractivity contribution is 5.76.